The summed E-state index contributed by atoms with van der Waals surface area (Å²) in [5.74, 6) is 0.847. The van der Waals surface area contributed by atoms with Crippen molar-refractivity contribution in [3.63, 3.8) is 0 Å². The minimum Gasteiger partial charge on any atom is -0.490 e. The molecular formula is C16H18N2O3S. The van der Waals surface area contributed by atoms with Gasteiger partial charge in [0.05, 0.1) is 17.1 Å². The van der Waals surface area contributed by atoms with Gasteiger partial charge in [-0.25, -0.2) is 13.1 Å². The number of fused-ring (bicyclic) bond motifs is 1. The number of hydrogen-bond acceptors (Lipinski definition) is 4. The van der Waals surface area contributed by atoms with Crippen molar-refractivity contribution >= 4 is 15.7 Å². The number of hydrogen-bond donors (Lipinski definition) is 1. The summed E-state index contributed by atoms with van der Waals surface area (Å²) < 4.78 is 32.6. The zero-order valence-corrected chi connectivity index (χ0v) is 12.9. The smallest absolute Gasteiger partial charge is 0.240 e. The number of nitrogens with zero attached hydrogens (tertiary/aromatic N) is 1. The third kappa shape index (κ3) is 3.23. The molecule has 2 aromatic rings. The number of para-hydroxylation sites is 2. The molecule has 0 spiro atoms. The van der Waals surface area contributed by atoms with Gasteiger partial charge in [0.2, 0.25) is 10.0 Å². The van der Waals surface area contributed by atoms with E-state index in [1.165, 1.54) is 0 Å². The quantitative estimate of drug-likeness (QED) is 0.914. The third-order valence-corrected chi connectivity index (χ3v) is 5.03. The molecule has 1 N–H and O–H groups in total. The van der Waals surface area contributed by atoms with E-state index in [9.17, 15) is 8.42 Å². The van der Waals surface area contributed by atoms with Crippen LogP contribution in [-0.2, 0) is 10.0 Å². The van der Waals surface area contributed by atoms with E-state index >= 15 is 0 Å². The van der Waals surface area contributed by atoms with Gasteiger partial charge in [0.1, 0.15) is 12.4 Å². The van der Waals surface area contributed by atoms with Crippen LogP contribution in [0.2, 0.25) is 0 Å². The van der Waals surface area contributed by atoms with Crippen LogP contribution in [-0.4, -0.2) is 34.7 Å². The average Bonchev–Trinajstić information content (AvgIpc) is 2.56. The molecular weight excluding hydrogens is 300 g/mol. The van der Waals surface area contributed by atoms with Gasteiger partial charge in [0.15, 0.2) is 0 Å². The van der Waals surface area contributed by atoms with E-state index in [1.54, 1.807) is 30.3 Å². The molecule has 0 aromatic heterocycles. The molecule has 5 nitrogen and oxygen atoms in total. The standard InChI is InChI=1S/C16H18N2O3S/c19-22(20,14-6-2-1-3-7-14)17-10-11-18-12-13-21-16-9-5-4-8-15(16)18/h1-9,17H,10-13H2. The average molecular weight is 318 g/mol. The van der Waals surface area contributed by atoms with Gasteiger partial charge in [-0.3, -0.25) is 0 Å². The van der Waals surface area contributed by atoms with Crippen molar-refractivity contribution in [2.45, 2.75) is 4.90 Å². The molecule has 0 atom stereocenters. The zero-order valence-electron chi connectivity index (χ0n) is 12.1. The molecule has 0 saturated heterocycles. The number of anilines is 1. The molecule has 0 bridgehead atoms. The summed E-state index contributed by atoms with van der Waals surface area (Å²) in [6.07, 6.45) is 0. The number of rotatable bonds is 5. The topological polar surface area (TPSA) is 58.6 Å². The van der Waals surface area contributed by atoms with Crippen molar-refractivity contribution in [1.82, 2.24) is 4.72 Å². The Morgan fingerprint density at radius 3 is 2.59 bits per heavy atom. The lowest BCUT2D eigenvalue weighted by molar-refractivity contribution is 0.308. The maximum absolute atomic E-state index is 12.2. The Morgan fingerprint density at radius 2 is 1.77 bits per heavy atom. The first-order chi connectivity index (χ1) is 10.7. The Morgan fingerprint density at radius 1 is 1.05 bits per heavy atom. The molecule has 116 valence electrons. The van der Waals surface area contributed by atoms with Crippen molar-refractivity contribution in [3.05, 3.63) is 54.6 Å². The first-order valence-electron chi connectivity index (χ1n) is 7.18. The minimum atomic E-state index is -3.45. The van der Waals surface area contributed by atoms with Gasteiger partial charge in [-0.05, 0) is 24.3 Å². The highest BCUT2D eigenvalue weighted by Gasteiger charge is 2.18. The predicted molar refractivity (Wildman–Crippen MR) is 85.8 cm³/mol. The minimum absolute atomic E-state index is 0.289. The summed E-state index contributed by atoms with van der Waals surface area (Å²) in [7, 11) is -3.45. The van der Waals surface area contributed by atoms with Gasteiger partial charge >= 0.3 is 0 Å². The van der Waals surface area contributed by atoms with Crippen LogP contribution in [0.5, 0.6) is 5.75 Å². The van der Waals surface area contributed by atoms with E-state index in [4.69, 9.17) is 4.74 Å². The van der Waals surface area contributed by atoms with E-state index in [0.717, 1.165) is 18.0 Å². The maximum atomic E-state index is 12.2. The molecule has 22 heavy (non-hydrogen) atoms. The van der Waals surface area contributed by atoms with Gasteiger partial charge in [-0.1, -0.05) is 30.3 Å². The van der Waals surface area contributed by atoms with Crippen LogP contribution in [0.4, 0.5) is 5.69 Å². The Kier molecular flexibility index (Phi) is 4.31. The summed E-state index contributed by atoms with van der Waals surface area (Å²) in [6, 6.07) is 16.2. The van der Waals surface area contributed by atoms with E-state index < -0.39 is 10.0 Å². The molecule has 0 unspecified atom stereocenters. The normalized spacial score (nSPS) is 14.3. The summed E-state index contributed by atoms with van der Waals surface area (Å²) >= 11 is 0. The maximum Gasteiger partial charge on any atom is 0.240 e. The second-order valence-corrected chi connectivity index (χ2v) is 6.78. The number of benzene rings is 2. The molecule has 2 aromatic carbocycles. The number of nitrogens with one attached hydrogen (secondary N) is 1. The lowest BCUT2D eigenvalue weighted by Crippen LogP contribution is -2.39. The van der Waals surface area contributed by atoms with Gasteiger partial charge in [0, 0.05) is 13.1 Å². The summed E-state index contributed by atoms with van der Waals surface area (Å²) in [4.78, 5) is 2.42. The Balaban J connectivity index is 1.63. The number of ether oxygens (including phenoxy) is 1. The first-order valence-corrected chi connectivity index (χ1v) is 8.67. The molecule has 0 fully saturated rings. The van der Waals surface area contributed by atoms with Gasteiger partial charge < -0.3 is 9.64 Å². The van der Waals surface area contributed by atoms with E-state index in [-0.39, 0.29) is 4.90 Å². The highest BCUT2D eigenvalue weighted by atomic mass is 32.2. The summed E-state index contributed by atoms with van der Waals surface area (Å²) in [5.41, 5.74) is 1.01. The van der Waals surface area contributed by atoms with Crippen molar-refractivity contribution < 1.29 is 13.2 Å². The van der Waals surface area contributed by atoms with Crippen LogP contribution in [0.1, 0.15) is 0 Å². The van der Waals surface area contributed by atoms with Crippen LogP contribution < -0.4 is 14.4 Å². The fourth-order valence-corrected chi connectivity index (χ4v) is 3.50. The monoisotopic (exact) mass is 318 g/mol. The number of sulfonamides is 1. The van der Waals surface area contributed by atoms with Gasteiger partial charge in [0.25, 0.3) is 0 Å². The summed E-state index contributed by atoms with van der Waals surface area (Å²) in [6.45, 7) is 2.32. The molecule has 0 amide bonds. The van der Waals surface area contributed by atoms with Crippen LogP contribution in [0.3, 0.4) is 0 Å². The second kappa shape index (κ2) is 6.37. The predicted octanol–water partition coefficient (Wildman–Crippen LogP) is 1.86. The molecule has 1 aliphatic rings. The Labute approximate surface area is 130 Å². The fraction of sp³-hybridized carbons (Fsp3) is 0.250. The molecule has 1 aliphatic heterocycles. The largest absolute Gasteiger partial charge is 0.490 e. The Bertz CT molecular complexity index is 732. The van der Waals surface area contributed by atoms with Crippen molar-refractivity contribution in [2.24, 2.45) is 0 Å². The highest BCUT2D eigenvalue weighted by molar-refractivity contribution is 7.89. The first kappa shape index (κ1) is 14.9. The molecule has 0 saturated carbocycles. The van der Waals surface area contributed by atoms with E-state index in [2.05, 4.69) is 9.62 Å². The van der Waals surface area contributed by atoms with Gasteiger partial charge in [-0.2, -0.15) is 0 Å². The Hall–Kier alpha value is -2.05. The molecule has 6 heteroatoms. The van der Waals surface area contributed by atoms with E-state index in [0.29, 0.717) is 19.7 Å². The summed E-state index contributed by atoms with van der Waals surface area (Å²) in [5, 5.41) is 0. The third-order valence-electron chi connectivity index (χ3n) is 3.55. The molecule has 3 rings (SSSR count). The van der Waals surface area contributed by atoms with Crippen LogP contribution in [0.15, 0.2) is 59.5 Å². The highest BCUT2D eigenvalue weighted by Crippen LogP contribution is 2.30. The SMILES string of the molecule is O=S(=O)(NCCN1CCOc2ccccc21)c1ccccc1. The molecule has 1 heterocycles. The lowest BCUT2D eigenvalue weighted by atomic mass is 10.2. The molecule has 0 radical (unpaired) electrons. The van der Waals surface area contributed by atoms with Crippen molar-refractivity contribution in [3.8, 4) is 5.75 Å². The van der Waals surface area contributed by atoms with E-state index in [1.807, 2.05) is 24.3 Å². The van der Waals surface area contributed by atoms with Crippen LogP contribution >= 0.6 is 0 Å². The van der Waals surface area contributed by atoms with Crippen molar-refractivity contribution in [1.29, 1.82) is 0 Å². The lowest BCUT2D eigenvalue weighted by Gasteiger charge is -2.31. The van der Waals surface area contributed by atoms with Crippen molar-refractivity contribution in [2.75, 3.05) is 31.1 Å². The van der Waals surface area contributed by atoms with Crippen LogP contribution in [0.25, 0.3) is 0 Å². The molecule has 0 aliphatic carbocycles. The fourth-order valence-electron chi connectivity index (χ4n) is 2.46. The second-order valence-electron chi connectivity index (χ2n) is 5.01. The van der Waals surface area contributed by atoms with Crippen LogP contribution in [0, 0.1) is 0 Å². The zero-order chi connectivity index (χ0) is 15.4. The van der Waals surface area contributed by atoms with Gasteiger partial charge in [-0.15, -0.1) is 0 Å².